The lowest BCUT2D eigenvalue weighted by Crippen LogP contribution is -2.30. The summed E-state index contributed by atoms with van der Waals surface area (Å²) >= 11 is 0. The molecule has 0 aliphatic carbocycles. The van der Waals surface area contributed by atoms with Crippen LogP contribution in [-0.2, 0) is 65.4 Å². The van der Waals surface area contributed by atoms with Crippen molar-refractivity contribution in [3.8, 4) is 0 Å². The van der Waals surface area contributed by atoms with Crippen molar-refractivity contribution in [2.24, 2.45) is 17.8 Å². The van der Waals surface area contributed by atoms with Crippen molar-refractivity contribution < 1.29 is 80.2 Å². The molecule has 7 atom stereocenters. The molecule has 0 aliphatic heterocycles. The van der Waals surface area contributed by atoms with Crippen LogP contribution < -0.4 is 0 Å². The van der Waals surface area contributed by atoms with Gasteiger partial charge in [0.25, 0.3) is 0 Å². The van der Waals surface area contributed by atoms with E-state index in [-0.39, 0.29) is 25.7 Å². The van der Waals surface area contributed by atoms with E-state index in [0.717, 1.165) is 114 Å². The molecule has 0 rings (SSSR count). The van der Waals surface area contributed by atoms with Crippen molar-refractivity contribution >= 4 is 39.5 Å². The molecule has 0 heterocycles. The number of phosphoric ester groups is 2. The maximum atomic E-state index is 13.0. The molecule has 0 aromatic rings. The summed E-state index contributed by atoms with van der Waals surface area (Å²) in [6.07, 6.45) is 43.0. The molecule has 0 saturated carbocycles. The van der Waals surface area contributed by atoms with Gasteiger partial charge in [-0.05, 0) is 43.4 Å². The highest BCUT2D eigenvalue weighted by atomic mass is 31.2. The zero-order chi connectivity index (χ0) is 65.2. The van der Waals surface area contributed by atoms with Crippen LogP contribution in [-0.4, -0.2) is 96.7 Å². The third-order valence-electron chi connectivity index (χ3n) is 16.6. The zero-order valence-electron chi connectivity index (χ0n) is 57.2. The van der Waals surface area contributed by atoms with E-state index in [0.29, 0.717) is 25.7 Å². The molecule has 3 N–H and O–H groups in total. The topological polar surface area (TPSA) is 237 Å². The maximum absolute atomic E-state index is 13.0. The number of carbonyl (C=O) groups excluding carboxylic acids is 4. The number of ether oxygens (including phenoxy) is 4. The Balaban J connectivity index is 5.27. The Morgan fingerprint density at radius 1 is 0.330 bits per heavy atom. The van der Waals surface area contributed by atoms with Crippen LogP contribution >= 0.6 is 15.6 Å². The molecule has 88 heavy (non-hydrogen) atoms. The van der Waals surface area contributed by atoms with Gasteiger partial charge in [0.15, 0.2) is 12.2 Å². The number of unbranched alkanes of at least 4 members (excludes halogenated alkanes) is 33. The van der Waals surface area contributed by atoms with E-state index >= 15 is 0 Å². The Bertz CT molecular complexity index is 1740. The van der Waals surface area contributed by atoms with Gasteiger partial charge in [-0.2, -0.15) is 0 Å². The van der Waals surface area contributed by atoms with Crippen molar-refractivity contribution in [2.75, 3.05) is 39.6 Å². The van der Waals surface area contributed by atoms with Gasteiger partial charge in [-0.25, -0.2) is 9.13 Å². The molecule has 0 radical (unpaired) electrons. The SMILES string of the molecule is CCCCCCCCCCCCCCCC(=O)OC[C@H](COP(=O)(O)OC[C@@H](O)COP(=O)(O)OC[C@@H](COC(=O)CCCCCCCCC(C)CC)OC(=O)CCCCCCCCCCC(C)C)OC(=O)CCCCCCCCCCCCC(C)CC. The normalized spacial score (nSPS) is 14.9. The fourth-order valence-electron chi connectivity index (χ4n) is 10.3. The second-order valence-electron chi connectivity index (χ2n) is 25.9. The summed E-state index contributed by atoms with van der Waals surface area (Å²) in [5, 5.41) is 10.6. The molecule has 0 saturated heterocycles. The molecular formula is C69H134O17P2. The van der Waals surface area contributed by atoms with Crippen LogP contribution in [0, 0.1) is 17.8 Å². The van der Waals surface area contributed by atoms with Crippen LogP contribution in [0.1, 0.15) is 344 Å². The van der Waals surface area contributed by atoms with E-state index < -0.39 is 97.5 Å². The van der Waals surface area contributed by atoms with Crippen molar-refractivity contribution in [1.82, 2.24) is 0 Å². The molecule has 0 bridgehead atoms. The van der Waals surface area contributed by atoms with Gasteiger partial charge in [0.1, 0.15) is 19.3 Å². The summed E-state index contributed by atoms with van der Waals surface area (Å²) in [4.78, 5) is 72.5. The highest BCUT2D eigenvalue weighted by Gasteiger charge is 2.30. The first-order valence-electron chi connectivity index (χ1n) is 35.9. The summed E-state index contributed by atoms with van der Waals surface area (Å²) in [6, 6.07) is 0. The zero-order valence-corrected chi connectivity index (χ0v) is 59.0. The average Bonchev–Trinajstić information content (AvgIpc) is 3.69. The molecule has 19 heteroatoms. The molecule has 0 spiro atoms. The molecule has 0 fully saturated rings. The van der Waals surface area contributed by atoms with E-state index in [1.165, 1.54) is 148 Å². The lowest BCUT2D eigenvalue weighted by atomic mass is 9.99. The molecular weight excluding hydrogens is 1160 g/mol. The van der Waals surface area contributed by atoms with Gasteiger partial charge in [0.2, 0.25) is 0 Å². The third kappa shape index (κ3) is 60.3. The first-order chi connectivity index (χ1) is 42.3. The Labute approximate surface area is 537 Å². The maximum Gasteiger partial charge on any atom is 0.472 e. The molecule has 0 aromatic heterocycles. The van der Waals surface area contributed by atoms with Gasteiger partial charge in [-0.15, -0.1) is 0 Å². The van der Waals surface area contributed by atoms with Crippen molar-refractivity contribution in [1.29, 1.82) is 0 Å². The highest BCUT2D eigenvalue weighted by molar-refractivity contribution is 7.47. The monoisotopic (exact) mass is 1300 g/mol. The minimum atomic E-state index is -4.95. The van der Waals surface area contributed by atoms with Crippen LogP contribution in [0.2, 0.25) is 0 Å². The van der Waals surface area contributed by atoms with Crippen LogP contribution in [0.25, 0.3) is 0 Å². The molecule has 0 aliphatic rings. The second-order valence-corrected chi connectivity index (χ2v) is 28.8. The van der Waals surface area contributed by atoms with E-state index in [9.17, 15) is 43.2 Å². The van der Waals surface area contributed by atoms with E-state index in [2.05, 4.69) is 48.5 Å². The lowest BCUT2D eigenvalue weighted by Gasteiger charge is -2.21. The standard InChI is InChI=1S/C69H134O17P2/c1-8-11-12-13-14-15-16-17-18-22-28-36-43-50-66(71)79-56-64(85-68(73)52-45-38-29-23-20-19-21-27-34-41-48-61(6)9-2)58-83-87(75,76)81-54-63(70)55-82-88(77,78)84-59-65(57-80-67(72)51-44-37-32-31-35-42-49-62(7)10-3)86-69(74)53-46-39-30-25-24-26-33-40-47-60(4)5/h60-65,70H,8-59H2,1-7H3,(H,75,76)(H,77,78)/t61?,62?,63-,64-,65-/m1/s1. The Morgan fingerprint density at radius 2 is 0.580 bits per heavy atom. The van der Waals surface area contributed by atoms with E-state index in [1.54, 1.807) is 0 Å². The summed E-state index contributed by atoms with van der Waals surface area (Å²) in [5.74, 6) is 0.123. The van der Waals surface area contributed by atoms with Gasteiger partial charge in [0.05, 0.1) is 26.4 Å². The fraction of sp³-hybridized carbons (Fsp3) is 0.942. The molecule has 17 nitrogen and oxygen atoms in total. The average molecular weight is 1300 g/mol. The van der Waals surface area contributed by atoms with E-state index in [1.807, 2.05) is 0 Å². The summed E-state index contributed by atoms with van der Waals surface area (Å²) in [5.41, 5.74) is 0. The third-order valence-corrected chi connectivity index (χ3v) is 18.5. The van der Waals surface area contributed by atoms with Crippen molar-refractivity contribution in [3.63, 3.8) is 0 Å². The number of aliphatic hydroxyl groups is 1. The van der Waals surface area contributed by atoms with Crippen molar-refractivity contribution in [3.05, 3.63) is 0 Å². The smallest absolute Gasteiger partial charge is 0.462 e. The Kier molecular flexibility index (Phi) is 58.7. The molecule has 522 valence electrons. The molecule has 4 unspecified atom stereocenters. The number of phosphoric acid groups is 2. The Hall–Kier alpha value is -1.94. The predicted molar refractivity (Wildman–Crippen MR) is 354 cm³/mol. The number of hydrogen-bond acceptors (Lipinski definition) is 15. The first kappa shape index (κ1) is 86.1. The minimum Gasteiger partial charge on any atom is -0.462 e. The number of esters is 4. The summed E-state index contributed by atoms with van der Waals surface area (Å²) in [7, 11) is -9.90. The number of aliphatic hydroxyl groups excluding tert-OH is 1. The van der Waals surface area contributed by atoms with Gasteiger partial charge in [-0.1, -0.05) is 292 Å². The van der Waals surface area contributed by atoms with Crippen LogP contribution in [0.5, 0.6) is 0 Å². The molecule has 0 aromatic carbocycles. The van der Waals surface area contributed by atoms with E-state index in [4.69, 9.17) is 37.0 Å². The largest absolute Gasteiger partial charge is 0.472 e. The van der Waals surface area contributed by atoms with Crippen LogP contribution in [0.15, 0.2) is 0 Å². The van der Waals surface area contributed by atoms with Gasteiger partial charge in [-0.3, -0.25) is 37.3 Å². The summed E-state index contributed by atoms with van der Waals surface area (Å²) < 4.78 is 68.2. The van der Waals surface area contributed by atoms with Gasteiger partial charge < -0.3 is 33.8 Å². The molecule has 0 amide bonds. The Morgan fingerprint density at radius 3 is 0.864 bits per heavy atom. The van der Waals surface area contributed by atoms with Crippen LogP contribution in [0.4, 0.5) is 0 Å². The quantitative estimate of drug-likeness (QED) is 0.0222. The summed E-state index contributed by atoms with van der Waals surface area (Å²) in [6.45, 7) is 11.8. The highest BCUT2D eigenvalue weighted by Crippen LogP contribution is 2.45. The number of hydrogen-bond donors (Lipinski definition) is 3. The van der Waals surface area contributed by atoms with Crippen molar-refractivity contribution in [2.45, 2.75) is 362 Å². The predicted octanol–water partition coefficient (Wildman–Crippen LogP) is 19.5. The first-order valence-corrected chi connectivity index (χ1v) is 38.9. The fourth-order valence-corrected chi connectivity index (χ4v) is 11.9. The number of rotatable bonds is 67. The van der Waals surface area contributed by atoms with Gasteiger partial charge in [0, 0.05) is 25.7 Å². The van der Waals surface area contributed by atoms with Gasteiger partial charge >= 0.3 is 39.5 Å². The second kappa shape index (κ2) is 60.0. The number of carbonyl (C=O) groups is 4. The lowest BCUT2D eigenvalue weighted by molar-refractivity contribution is -0.161. The minimum absolute atomic E-state index is 0.103. The van der Waals surface area contributed by atoms with Crippen LogP contribution in [0.3, 0.4) is 0 Å².